The number of carbonyl (C=O) groups excluding carboxylic acids is 1. The molecule has 134 valence electrons. The molecule has 1 N–H and O–H groups in total. The van der Waals surface area contributed by atoms with Gasteiger partial charge >= 0.3 is 0 Å². The molecule has 3 aromatic heterocycles. The van der Waals surface area contributed by atoms with Gasteiger partial charge in [0, 0.05) is 28.7 Å². The highest BCUT2D eigenvalue weighted by molar-refractivity contribution is 7.99. The van der Waals surface area contributed by atoms with Gasteiger partial charge in [-0.25, -0.2) is 0 Å². The summed E-state index contributed by atoms with van der Waals surface area (Å²) in [7, 11) is 0. The SMILES string of the molecule is O=C(CSc1ccc2nnc(-c3cccnc3)n2n1)Nc1ccc(Cl)cc1. The molecular weight excluding hydrogens is 384 g/mol. The maximum atomic E-state index is 12.1. The van der Waals surface area contributed by atoms with E-state index in [1.54, 1.807) is 41.2 Å². The minimum atomic E-state index is -0.125. The zero-order chi connectivity index (χ0) is 18.6. The summed E-state index contributed by atoms with van der Waals surface area (Å²) in [4.78, 5) is 16.2. The Labute approximate surface area is 163 Å². The van der Waals surface area contributed by atoms with Crippen LogP contribution in [-0.4, -0.2) is 36.5 Å². The lowest BCUT2D eigenvalue weighted by atomic mass is 10.3. The molecule has 1 aromatic carbocycles. The second-order valence-corrected chi connectivity index (χ2v) is 6.98. The first-order valence-corrected chi connectivity index (χ1v) is 9.36. The minimum Gasteiger partial charge on any atom is -0.325 e. The first-order chi connectivity index (χ1) is 13.2. The van der Waals surface area contributed by atoms with Gasteiger partial charge in [0.05, 0.1) is 5.75 Å². The van der Waals surface area contributed by atoms with Crippen molar-refractivity contribution in [2.45, 2.75) is 5.03 Å². The molecule has 1 amide bonds. The number of amides is 1. The normalized spacial score (nSPS) is 10.9. The number of rotatable bonds is 5. The van der Waals surface area contributed by atoms with Crippen molar-refractivity contribution >= 4 is 40.6 Å². The van der Waals surface area contributed by atoms with E-state index in [-0.39, 0.29) is 11.7 Å². The fourth-order valence-electron chi connectivity index (χ4n) is 2.39. The second kappa shape index (κ2) is 7.73. The van der Waals surface area contributed by atoms with Crippen LogP contribution in [0.1, 0.15) is 0 Å². The Morgan fingerprint density at radius 2 is 1.96 bits per heavy atom. The van der Waals surface area contributed by atoms with Gasteiger partial charge in [-0.15, -0.1) is 10.2 Å². The molecule has 0 bridgehead atoms. The zero-order valence-corrected chi connectivity index (χ0v) is 15.5. The Morgan fingerprint density at radius 1 is 1.11 bits per heavy atom. The number of nitrogens with one attached hydrogen (secondary N) is 1. The first kappa shape index (κ1) is 17.4. The average Bonchev–Trinajstić information content (AvgIpc) is 3.12. The third kappa shape index (κ3) is 4.07. The minimum absolute atomic E-state index is 0.125. The van der Waals surface area contributed by atoms with E-state index in [1.165, 1.54) is 11.8 Å². The van der Waals surface area contributed by atoms with Crippen LogP contribution in [0.4, 0.5) is 5.69 Å². The molecule has 0 aliphatic rings. The second-order valence-electron chi connectivity index (χ2n) is 5.55. The standard InChI is InChI=1S/C18H13ClN6OS/c19-13-3-5-14(6-4-13)21-16(26)11-27-17-8-7-15-22-23-18(25(15)24-17)12-2-1-9-20-10-12/h1-10H,11H2,(H,21,26). The molecular formula is C18H13ClN6OS. The number of hydrogen-bond acceptors (Lipinski definition) is 6. The Kier molecular flexibility index (Phi) is 4.99. The predicted molar refractivity (Wildman–Crippen MR) is 105 cm³/mol. The summed E-state index contributed by atoms with van der Waals surface area (Å²) in [6.45, 7) is 0. The molecule has 4 rings (SSSR count). The van der Waals surface area contributed by atoms with Crippen molar-refractivity contribution in [3.05, 3.63) is 65.9 Å². The van der Waals surface area contributed by atoms with Crippen molar-refractivity contribution in [1.82, 2.24) is 24.8 Å². The number of thioether (sulfide) groups is 1. The molecule has 4 aromatic rings. The van der Waals surface area contributed by atoms with Crippen molar-refractivity contribution in [2.75, 3.05) is 11.1 Å². The third-order valence-corrected chi connectivity index (χ3v) is 4.81. The maximum Gasteiger partial charge on any atom is 0.234 e. The number of pyridine rings is 1. The van der Waals surface area contributed by atoms with E-state index in [0.717, 1.165) is 5.56 Å². The number of fused-ring (bicyclic) bond motifs is 1. The quantitative estimate of drug-likeness (QED) is 0.519. The Bertz CT molecular complexity index is 1080. The van der Waals surface area contributed by atoms with Crippen molar-refractivity contribution in [3.63, 3.8) is 0 Å². The molecule has 0 fully saturated rings. The Balaban J connectivity index is 1.47. The van der Waals surface area contributed by atoms with E-state index < -0.39 is 0 Å². The largest absolute Gasteiger partial charge is 0.325 e. The highest BCUT2D eigenvalue weighted by atomic mass is 35.5. The van der Waals surface area contributed by atoms with Gasteiger partial charge in [-0.1, -0.05) is 23.4 Å². The third-order valence-electron chi connectivity index (χ3n) is 3.64. The summed E-state index contributed by atoms with van der Waals surface area (Å²) in [6.07, 6.45) is 3.40. The van der Waals surface area contributed by atoms with Crippen LogP contribution in [0.25, 0.3) is 17.0 Å². The van der Waals surface area contributed by atoms with Gasteiger partial charge < -0.3 is 5.32 Å². The molecule has 0 saturated heterocycles. The van der Waals surface area contributed by atoms with E-state index in [0.29, 0.717) is 27.2 Å². The van der Waals surface area contributed by atoms with E-state index in [1.807, 2.05) is 24.3 Å². The summed E-state index contributed by atoms with van der Waals surface area (Å²) in [5.41, 5.74) is 2.15. The Hall–Kier alpha value is -2.97. The number of anilines is 1. The summed E-state index contributed by atoms with van der Waals surface area (Å²) < 4.78 is 1.65. The van der Waals surface area contributed by atoms with Crippen LogP contribution in [0.5, 0.6) is 0 Å². The van der Waals surface area contributed by atoms with Gasteiger partial charge in [0.1, 0.15) is 5.03 Å². The molecule has 0 saturated carbocycles. The van der Waals surface area contributed by atoms with Crippen LogP contribution in [0.15, 0.2) is 66.0 Å². The smallest absolute Gasteiger partial charge is 0.234 e. The summed E-state index contributed by atoms with van der Waals surface area (Å²) >= 11 is 7.18. The molecule has 0 aliphatic heterocycles. The molecule has 0 atom stereocenters. The molecule has 0 unspecified atom stereocenters. The van der Waals surface area contributed by atoms with E-state index in [4.69, 9.17) is 11.6 Å². The van der Waals surface area contributed by atoms with E-state index >= 15 is 0 Å². The van der Waals surface area contributed by atoms with Crippen molar-refractivity contribution in [2.24, 2.45) is 0 Å². The number of nitrogens with zero attached hydrogens (tertiary/aromatic N) is 5. The van der Waals surface area contributed by atoms with Gasteiger partial charge in [0.2, 0.25) is 5.91 Å². The summed E-state index contributed by atoms with van der Waals surface area (Å²) in [6, 6.07) is 14.3. The van der Waals surface area contributed by atoms with Gasteiger partial charge in [0.15, 0.2) is 11.5 Å². The number of carbonyl (C=O) groups is 1. The molecule has 3 heterocycles. The van der Waals surface area contributed by atoms with E-state index in [2.05, 4.69) is 25.6 Å². The van der Waals surface area contributed by atoms with E-state index in [9.17, 15) is 4.79 Å². The van der Waals surface area contributed by atoms with Crippen molar-refractivity contribution in [3.8, 4) is 11.4 Å². The van der Waals surface area contributed by atoms with Crippen LogP contribution >= 0.6 is 23.4 Å². The van der Waals surface area contributed by atoms with Crippen LogP contribution < -0.4 is 5.32 Å². The predicted octanol–water partition coefficient (Wildman–Crippen LogP) is 3.57. The molecule has 7 nitrogen and oxygen atoms in total. The van der Waals surface area contributed by atoms with Crippen LogP contribution in [-0.2, 0) is 4.79 Å². The van der Waals surface area contributed by atoms with Crippen molar-refractivity contribution < 1.29 is 4.79 Å². The lowest BCUT2D eigenvalue weighted by Crippen LogP contribution is -2.14. The van der Waals surface area contributed by atoms with Gasteiger partial charge in [-0.05, 0) is 48.5 Å². The molecule has 9 heteroatoms. The highest BCUT2D eigenvalue weighted by Gasteiger charge is 2.11. The Morgan fingerprint density at radius 3 is 2.74 bits per heavy atom. The molecule has 0 spiro atoms. The number of hydrogen-bond donors (Lipinski definition) is 1. The van der Waals surface area contributed by atoms with Gasteiger partial charge in [-0.2, -0.15) is 9.61 Å². The number of benzene rings is 1. The fourth-order valence-corrected chi connectivity index (χ4v) is 3.17. The summed E-state index contributed by atoms with van der Waals surface area (Å²) in [5, 5.41) is 17.0. The van der Waals surface area contributed by atoms with Crippen LogP contribution in [0.2, 0.25) is 5.02 Å². The van der Waals surface area contributed by atoms with Gasteiger partial charge in [-0.3, -0.25) is 9.78 Å². The van der Waals surface area contributed by atoms with Crippen LogP contribution in [0, 0.1) is 0 Å². The first-order valence-electron chi connectivity index (χ1n) is 8.00. The highest BCUT2D eigenvalue weighted by Crippen LogP contribution is 2.20. The van der Waals surface area contributed by atoms with Crippen molar-refractivity contribution in [1.29, 1.82) is 0 Å². The average molecular weight is 397 g/mol. The molecule has 0 aliphatic carbocycles. The summed E-state index contributed by atoms with van der Waals surface area (Å²) in [5.74, 6) is 0.706. The van der Waals surface area contributed by atoms with Gasteiger partial charge in [0.25, 0.3) is 0 Å². The lowest BCUT2D eigenvalue weighted by molar-refractivity contribution is -0.113. The lowest BCUT2D eigenvalue weighted by Gasteiger charge is -2.05. The monoisotopic (exact) mass is 396 g/mol. The molecule has 27 heavy (non-hydrogen) atoms. The van der Waals surface area contributed by atoms with Crippen LogP contribution in [0.3, 0.4) is 0 Å². The molecule has 0 radical (unpaired) electrons. The topological polar surface area (TPSA) is 85.1 Å². The maximum absolute atomic E-state index is 12.1. The number of aromatic nitrogens is 5. The zero-order valence-electron chi connectivity index (χ0n) is 13.9. The fraction of sp³-hybridized carbons (Fsp3) is 0.0556. The number of halogens is 1.